The molecule has 0 saturated carbocycles. The Morgan fingerprint density at radius 3 is 2.26 bits per heavy atom. The molecule has 0 N–H and O–H groups in total. The Labute approximate surface area is 164 Å². The summed E-state index contributed by atoms with van der Waals surface area (Å²) >= 11 is 5.85. The number of carbonyl (C=O) groups is 1. The van der Waals surface area contributed by atoms with Gasteiger partial charge >= 0.3 is 0 Å². The van der Waals surface area contributed by atoms with Gasteiger partial charge < -0.3 is 0 Å². The summed E-state index contributed by atoms with van der Waals surface area (Å²) in [5.74, 6) is -0.137. The summed E-state index contributed by atoms with van der Waals surface area (Å²) in [6.45, 7) is 0. The van der Waals surface area contributed by atoms with Crippen molar-refractivity contribution in [2.45, 2.75) is 4.90 Å². The number of hydrogen-bond donors (Lipinski definition) is 0. The molecule has 3 aromatic carbocycles. The number of carbonyl (C=O) groups excluding carboxylic acids is 1. The van der Waals surface area contributed by atoms with E-state index in [0.29, 0.717) is 21.2 Å². The van der Waals surface area contributed by atoms with E-state index in [0.717, 1.165) is 5.56 Å². The molecule has 0 radical (unpaired) electrons. The summed E-state index contributed by atoms with van der Waals surface area (Å²) in [5.41, 5.74) is 1.85. The fraction of sp³-hybridized carbons (Fsp3) is 0.0455. The van der Waals surface area contributed by atoms with E-state index < -0.39 is 9.73 Å². The predicted molar refractivity (Wildman–Crippen MR) is 112 cm³/mol. The maximum atomic E-state index is 13.0. The van der Waals surface area contributed by atoms with Crippen molar-refractivity contribution >= 4 is 38.9 Å². The maximum Gasteiger partial charge on any atom is 0.185 e. The Morgan fingerprint density at radius 1 is 0.926 bits per heavy atom. The monoisotopic (exact) mass is 395 g/mol. The van der Waals surface area contributed by atoms with E-state index in [1.54, 1.807) is 54.8 Å². The second-order valence-corrected chi connectivity index (χ2v) is 8.67. The van der Waals surface area contributed by atoms with Crippen LogP contribution >= 0.6 is 11.6 Å². The van der Waals surface area contributed by atoms with Gasteiger partial charge in [0, 0.05) is 27.3 Å². The first-order valence-electron chi connectivity index (χ1n) is 8.30. The lowest BCUT2D eigenvalue weighted by Crippen LogP contribution is -1.96. The quantitative estimate of drug-likeness (QED) is 0.391. The summed E-state index contributed by atoms with van der Waals surface area (Å²) in [5, 5.41) is 0.582. The van der Waals surface area contributed by atoms with Crippen molar-refractivity contribution in [1.82, 2.24) is 0 Å². The van der Waals surface area contributed by atoms with Crippen LogP contribution in [0.3, 0.4) is 0 Å². The second kappa shape index (κ2) is 8.33. The van der Waals surface area contributed by atoms with Crippen molar-refractivity contribution in [3.8, 4) is 0 Å². The van der Waals surface area contributed by atoms with Gasteiger partial charge in [0.2, 0.25) is 0 Å². The standard InChI is InChI=1S/C22H18ClNO2S/c1-27(26,20-8-3-2-4-9-20)24-21-10-6-5-7-17(21)13-16-22(25)18-11-14-19(23)15-12-18/h2-16H,1H3/b16-13+/t27-/m0/s1. The molecule has 0 heterocycles. The van der Waals surface area contributed by atoms with Gasteiger partial charge in [0.25, 0.3) is 0 Å². The van der Waals surface area contributed by atoms with Crippen LogP contribution in [0.4, 0.5) is 5.69 Å². The molecule has 27 heavy (non-hydrogen) atoms. The van der Waals surface area contributed by atoms with Gasteiger partial charge in [-0.25, -0.2) is 4.21 Å². The molecule has 1 atom stereocenters. The van der Waals surface area contributed by atoms with Crippen molar-refractivity contribution in [3.05, 3.63) is 101 Å². The first-order valence-corrected chi connectivity index (χ1v) is 10.6. The van der Waals surface area contributed by atoms with Gasteiger partial charge in [-0.15, -0.1) is 0 Å². The minimum Gasteiger partial charge on any atom is -0.289 e. The highest BCUT2D eigenvalue weighted by Crippen LogP contribution is 2.25. The first kappa shape index (κ1) is 19.1. The third-order valence-corrected chi connectivity index (χ3v) is 5.88. The molecule has 0 fully saturated rings. The molecule has 0 aliphatic carbocycles. The molecule has 0 spiro atoms. The number of ketones is 1. The van der Waals surface area contributed by atoms with Crippen LogP contribution < -0.4 is 0 Å². The van der Waals surface area contributed by atoms with Crippen LogP contribution in [-0.2, 0) is 9.73 Å². The molecular weight excluding hydrogens is 378 g/mol. The summed E-state index contributed by atoms with van der Waals surface area (Å²) in [7, 11) is -2.59. The van der Waals surface area contributed by atoms with E-state index in [1.807, 2.05) is 36.4 Å². The van der Waals surface area contributed by atoms with Gasteiger partial charge in [-0.05, 0) is 54.6 Å². The lowest BCUT2D eigenvalue weighted by Gasteiger charge is -2.06. The molecule has 0 aliphatic heterocycles. The highest BCUT2D eigenvalue weighted by Gasteiger charge is 2.08. The van der Waals surface area contributed by atoms with Crippen LogP contribution in [0.2, 0.25) is 5.02 Å². The molecule has 136 valence electrons. The van der Waals surface area contributed by atoms with Crippen LogP contribution in [0.25, 0.3) is 6.08 Å². The number of benzene rings is 3. The molecule has 0 unspecified atom stereocenters. The Hall–Kier alpha value is -2.69. The van der Waals surface area contributed by atoms with Gasteiger partial charge in [-0.2, -0.15) is 4.36 Å². The molecule has 0 bridgehead atoms. The number of halogens is 1. The van der Waals surface area contributed by atoms with E-state index in [4.69, 9.17) is 11.6 Å². The van der Waals surface area contributed by atoms with Crippen molar-refractivity contribution in [2.24, 2.45) is 4.36 Å². The highest BCUT2D eigenvalue weighted by atomic mass is 35.5. The fourth-order valence-electron chi connectivity index (χ4n) is 2.50. The van der Waals surface area contributed by atoms with Crippen LogP contribution in [-0.4, -0.2) is 16.2 Å². The van der Waals surface area contributed by atoms with E-state index in [1.165, 1.54) is 6.08 Å². The molecule has 3 nitrogen and oxygen atoms in total. The first-order chi connectivity index (χ1) is 13.0. The number of rotatable bonds is 5. The van der Waals surface area contributed by atoms with Gasteiger partial charge in [-0.3, -0.25) is 4.79 Å². The minimum atomic E-state index is -2.59. The topological polar surface area (TPSA) is 46.5 Å². The van der Waals surface area contributed by atoms with Crippen molar-refractivity contribution in [2.75, 3.05) is 6.26 Å². The van der Waals surface area contributed by atoms with Crippen molar-refractivity contribution < 1.29 is 9.00 Å². The average molecular weight is 396 g/mol. The normalized spacial score (nSPS) is 13.3. The smallest absolute Gasteiger partial charge is 0.185 e. The van der Waals surface area contributed by atoms with Crippen molar-refractivity contribution in [3.63, 3.8) is 0 Å². The maximum absolute atomic E-state index is 13.0. The molecule has 3 aromatic rings. The highest BCUT2D eigenvalue weighted by molar-refractivity contribution is 7.93. The summed E-state index contributed by atoms with van der Waals surface area (Å²) in [6, 6.07) is 23.2. The Kier molecular flexibility index (Phi) is 5.89. The number of allylic oxidation sites excluding steroid dienone is 1. The zero-order chi connectivity index (χ0) is 19.3. The zero-order valence-corrected chi connectivity index (χ0v) is 16.3. The van der Waals surface area contributed by atoms with E-state index in [9.17, 15) is 9.00 Å². The fourth-order valence-corrected chi connectivity index (χ4v) is 3.94. The van der Waals surface area contributed by atoms with Crippen LogP contribution in [0.5, 0.6) is 0 Å². The second-order valence-electron chi connectivity index (χ2n) is 5.97. The summed E-state index contributed by atoms with van der Waals surface area (Å²) in [4.78, 5) is 13.0. The Balaban J connectivity index is 1.93. The Morgan fingerprint density at radius 2 is 1.56 bits per heavy atom. The van der Waals surface area contributed by atoms with E-state index in [2.05, 4.69) is 4.36 Å². The van der Waals surface area contributed by atoms with Gasteiger partial charge in [-0.1, -0.05) is 48.0 Å². The number of hydrogen-bond acceptors (Lipinski definition) is 3. The van der Waals surface area contributed by atoms with E-state index >= 15 is 0 Å². The molecule has 0 amide bonds. The lowest BCUT2D eigenvalue weighted by atomic mass is 10.1. The molecule has 0 aromatic heterocycles. The molecule has 5 heteroatoms. The molecule has 0 aliphatic rings. The Bertz CT molecular complexity index is 1100. The van der Waals surface area contributed by atoms with Gasteiger partial charge in [0.05, 0.1) is 15.4 Å². The van der Waals surface area contributed by atoms with E-state index in [-0.39, 0.29) is 5.78 Å². The SMILES string of the molecule is C[S@@](=O)(=Nc1ccccc1/C=C/C(=O)c1ccc(Cl)cc1)c1ccccc1. The largest absolute Gasteiger partial charge is 0.289 e. The minimum absolute atomic E-state index is 0.137. The number of nitrogens with zero attached hydrogens (tertiary/aromatic N) is 1. The van der Waals surface area contributed by atoms with Gasteiger partial charge in [0.15, 0.2) is 5.78 Å². The third-order valence-electron chi connectivity index (χ3n) is 3.93. The average Bonchev–Trinajstić information content (AvgIpc) is 2.68. The predicted octanol–water partition coefficient (Wildman–Crippen LogP) is 6.02. The van der Waals surface area contributed by atoms with Crippen molar-refractivity contribution in [1.29, 1.82) is 0 Å². The van der Waals surface area contributed by atoms with Crippen LogP contribution in [0.1, 0.15) is 15.9 Å². The summed E-state index contributed by atoms with van der Waals surface area (Å²) < 4.78 is 17.5. The van der Waals surface area contributed by atoms with Gasteiger partial charge in [0.1, 0.15) is 0 Å². The third kappa shape index (κ3) is 4.94. The zero-order valence-electron chi connectivity index (χ0n) is 14.7. The molecule has 3 rings (SSSR count). The summed E-state index contributed by atoms with van der Waals surface area (Å²) in [6.07, 6.45) is 4.79. The molecular formula is C22H18ClNO2S. The lowest BCUT2D eigenvalue weighted by molar-refractivity contribution is 0.104. The molecule has 0 saturated heterocycles. The van der Waals surface area contributed by atoms with Crippen LogP contribution in [0.15, 0.2) is 94.2 Å². The van der Waals surface area contributed by atoms with Crippen LogP contribution in [0, 0.1) is 0 Å².